The summed E-state index contributed by atoms with van der Waals surface area (Å²) in [5.74, 6) is -1.96. The second-order valence-electron chi connectivity index (χ2n) is 16.4. The van der Waals surface area contributed by atoms with Gasteiger partial charge in [0.25, 0.3) is 17.7 Å². The van der Waals surface area contributed by atoms with Crippen molar-refractivity contribution < 1.29 is 24.0 Å². The topological polar surface area (TPSA) is 121 Å². The fourth-order valence-electron chi connectivity index (χ4n) is 9.72. The van der Waals surface area contributed by atoms with Crippen molar-refractivity contribution in [1.82, 2.24) is 20.0 Å². The lowest BCUT2D eigenvalue weighted by Gasteiger charge is -2.49. The largest absolute Gasteiger partial charge is 0.371 e. The van der Waals surface area contributed by atoms with Gasteiger partial charge in [-0.3, -0.25) is 39.1 Å². The van der Waals surface area contributed by atoms with Gasteiger partial charge in [0.05, 0.1) is 22.7 Å². The van der Waals surface area contributed by atoms with E-state index in [2.05, 4.69) is 41.9 Å². The summed E-state index contributed by atoms with van der Waals surface area (Å²) in [5, 5.41) is 2.79. The number of carbonyl (C=O) groups excluding carboxylic acids is 5. The number of benzene rings is 3. The zero-order valence-electron chi connectivity index (χ0n) is 32.0. The molecule has 13 nitrogen and oxygen atoms in total. The number of halogens is 1. The smallest absolute Gasteiger partial charge is 0.262 e. The number of carbonyl (C=O) groups is 5. The number of piperidine rings is 2. The zero-order chi connectivity index (χ0) is 39.6. The van der Waals surface area contributed by atoms with Crippen molar-refractivity contribution in [2.75, 3.05) is 80.1 Å². The fraction of sp³-hybridized carbons (Fsp3) is 0.442. The standard InChI is InChI=1S/C43H45ClN8O5/c1-27-35(10-9-34(45-2)38(27)44)50-18-15-43(26-50)13-16-47(17-14-43)29-5-3-28(4-6-29)40(55)49-21-19-48(20-22-49)31-24-51(25-31)30-7-8-32-33(23-30)42(57)52(41(32)56)36-11-12-37(53)46-39(36)54/h3-10,23,31,36H,11-22,24-26H2,1H3,(H,46,53,54). The molecule has 294 valence electrons. The first kappa shape index (κ1) is 37.1. The Morgan fingerprint density at radius 1 is 0.807 bits per heavy atom. The number of piperazine rings is 1. The average molecular weight is 789 g/mol. The third-order valence-electron chi connectivity index (χ3n) is 13.3. The molecule has 1 N–H and O–H groups in total. The monoisotopic (exact) mass is 788 g/mol. The van der Waals surface area contributed by atoms with Crippen molar-refractivity contribution in [1.29, 1.82) is 0 Å². The summed E-state index contributed by atoms with van der Waals surface area (Å²) in [6.45, 7) is 17.8. The highest BCUT2D eigenvalue weighted by molar-refractivity contribution is 6.34. The molecule has 0 aliphatic carbocycles. The van der Waals surface area contributed by atoms with Gasteiger partial charge in [0.1, 0.15) is 6.04 Å². The van der Waals surface area contributed by atoms with E-state index in [1.165, 1.54) is 0 Å². The van der Waals surface area contributed by atoms with Crippen LogP contribution in [0.15, 0.2) is 54.6 Å². The highest BCUT2D eigenvalue weighted by atomic mass is 35.5. The number of fused-ring (bicyclic) bond motifs is 1. The quantitative estimate of drug-likeness (QED) is 0.279. The van der Waals surface area contributed by atoms with Crippen LogP contribution in [0, 0.1) is 18.9 Å². The van der Waals surface area contributed by atoms with Crippen molar-refractivity contribution >= 4 is 63.9 Å². The summed E-state index contributed by atoms with van der Waals surface area (Å²) >= 11 is 6.50. The van der Waals surface area contributed by atoms with Crippen molar-refractivity contribution in [3.8, 4) is 0 Å². The van der Waals surface area contributed by atoms with Gasteiger partial charge in [0.2, 0.25) is 17.5 Å². The van der Waals surface area contributed by atoms with Gasteiger partial charge < -0.3 is 19.6 Å². The second-order valence-corrected chi connectivity index (χ2v) is 16.8. The van der Waals surface area contributed by atoms with E-state index >= 15 is 0 Å². The van der Waals surface area contributed by atoms with Gasteiger partial charge >= 0.3 is 0 Å². The molecule has 5 amide bonds. The van der Waals surface area contributed by atoms with Gasteiger partial charge in [-0.1, -0.05) is 17.7 Å². The van der Waals surface area contributed by atoms with Crippen LogP contribution in [-0.2, 0) is 9.59 Å². The van der Waals surface area contributed by atoms with Crippen LogP contribution in [0.4, 0.5) is 22.7 Å². The highest BCUT2D eigenvalue weighted by Gasteiger charge is 2.46. The Labute approximate surface area is 336 Å². The van der Waals surface area contributed by atoms with E-state index in [0.717, 1.165) is 99.1 Å². The van der Waals surface area contributed by atoms with Crippen molar-refractivity contribution in [2.24, 2.45) is 5.41 Å². The van der Waals surface area contributed by atoms with E-state index in [9.17, 15) is 24.0 Å². The lowest BCUT2D eigenvalue weighted by Crippen LogP contribution is -2.63. The summed E-state index contributed by atoms with van der Waals surface area (Å²) < 4.78 is 0. The van der Waals surface area contributed by atoms with Crippen LogP contribution in [0.5, 0.6) is 0 Å². The van der Waals surface area contributed by atoms with E-state index < -0.39 is 29.7 Å². The minimum atomic E-state index is -0.982. The van der Waals surface area contributed by atoms with Gasteiger partial charge in [-0.05, 0) is 92.1 Å². The maximum atomic E-state index is 13.5. The van der Waals surface area contributed by atoms with E-state index in [0.29, 0.717) is 35.4 Å². The van der Waals surface area contributed by atoms with Crippen molar-refractivity contribution in [3.05, 3.63) is 93.3 Å². The zero-order valence-corrected chi connectivity index (χ0v) is 32.8. The first-order chi connectivity index (χ1) is 27.5. The van der Waals surface area contributed by atoms with Crippen LogP contribution in [0.1, 0.15) is 68.7 Å². The van der Waals surface area contributed by atoms with E-state index in [4.69, 9.17) is 18.2 Å². The van der Waals surface area contributed by atoms with Crippen molar-refractivity contribution in [3.63, 3.8) is 0 Å². The molecule has 6 aliphatic heterocycles. The number of nitrogens with zero attached hydrogens (tertiary/aromatic N) is 7. The molecule has 1 spiro atoms. The van der Waals surface area contributed by atoms with Crippen LogP contribution >= 0.6 is 11.6 Å². The molecule has 6 heterocycles. The number of nitrogens with one attached hydrogen (secondary N) is 1. The van der Waals surface area contributed by atoms with Crippen LogP contribution in [0.25, 0.3) is 4.85 Å². The third-order valence-corrected chi connectivity index (χ3v) is 13.8. The van der Waals surface area contributed by atoms with Crippen LogP contribution in [0.3, 0.4) is 0 Å². The molecule has 1 unspecified atom stereocenters. The number of amides is 5. The van der Waals surface area contributed by atoms with Gasteiger partial charge in [0.15, 0.2) is 0 Å². The lowest BCUT2D eigenvalue weighted by molar-refractivity contribution is -0.136. The molecule has 6 aliphatic rings. The molecule has 5 saturated heterocycles. The minimum Gasteiger partial charge on any atom is -0.371 e. The molecule has 0 radical (unpaired) electrons. The fourth-order valence-corrected chi connectivity index (χ4v) is 9.92. The number of imide groups is 2. The number of anilines is 3. The van der Waals surface area contributed by atoms with Gasteiger partial charge in [-0.15, -0.1) is 0 Å². The SMILES string of the molecule is [C-]#[N+]c1ccc(N2CCC3(CCN(c4ccc(C(=O)N5CCN(C6CN(c7ccc8c(c7)C(=O)N(C7CCC(=O)NC7=O)C8=O)C6)CC5)cc4)CC3)C2)c(C)c1Cl. The summed E-state index contributed by atoms with van der Waals surface area (Å²) in [6, 6.07) is 16.6. The first-order valence-corrected chi connectivity index (χ1v) is 20.3. The van der Waals surface area contributed by atoms with E-state index in [1.54, 1.807) is 12.1 Å². The number of rotatable bonds is 6. The summed E-state index contributed by atoms with van der Waals surface area (Å²) in [4.78, 5) is 79.9. The second kappa shape index (κ2) is 14.5. The molecular formula is C43H45ClN8O5. The molecule has 5 fully saturated rings. The molecule has 9 rings (SSSR count). The van der Waals surface area contributed by atoms with Gasteiger partial charge in [0, 0.05) is 101 Å². The molecule has 57 heavy (non-hydrogen) atoms. The Bertz CT molecular complexity index is 2220. The Morgan fingerprint density at radius 3 is 2.16 bits per heavy atom. The van der Waals surface area contributed by atoms with Crippen LogP contribution in [0.2, 0.25) is 5.02 Å². The lowest BCUT2D eigenvalue weighted by atomic mass is 9.77. The molecule has 0 aromatic heterocycles. The Balaban J connectivity index is 0.738. The summed E-state index contributed by atoms with van der Waals surface area (Å²) in [6.07, 6.45) is 3.58. The summed E-state index contributed by atoms with van der Waals surface area (Å²) in [5.41, 5.74) is 6.18. The van der Waals surface area contributed by atoms with Crippen LogP contribution in [-0.4, -0.2) is 122 Å². The number of hydrogen-bond acceptors (Lipinski definition) is 9. The molecular weight excluding hydrogens is 744 g/mol. The molecule has 0 saturated carbocycles. The molecule has 0 bridgehead atoms. The molecule has 3 aromatic carbocycles. The minimum absolute atomic E-state index is 0.0589. The van der Waals surface area contributed by atoms with Crippen molar-refractivity contribution in [2.45, 2.75) is 51.1 Å². The van der Waals surface area contributed by atoms with E-state index in [1.807, 2.05) is 42.2 Å². The Morgan fingerprint density at radius 2 is 1.47 bits per heavy atom. The van der Waals surface area contributed by atoms with Gasteiger partial charge in [-0.2, -0.15) is 0 Å². The third kappa shape index (κ3) is 6.58. The maximum Gasteiger partial charge on any atom is 0.262 e. The Kier molecular flexibility index (Phi) is 9.44. The molecule has 3 aromatic rings. The Hall–Kier alpha value is -5.45. The summed E-state index contributed by atoms with van der Waals surface area (Å²) in [7, 11) is 0. The van der Waals surface area contributed by atoms with Crippen LogP contribution < -0.4 is 20.0 Å². The molecule has 1 atom stereocenters. The average Bonchev–Trinajstić information content (AvgIpc) is 3.72. The van der Waals surface area contributed by atoms with E-state index in [-0.39, 0.29) is 35.3 Å². The first-order valence-electron chi connectivity index (χ1n) is 19.9. The normalized spacial score (nSPS) is 22.5. The highest BCUT2D eigenvalue weighted by Crippen LogP contribution is 2.45. The predicted octanol–water partition coefficient (Wildman–Crippen LogP) is 4.74. The predicted molar refractivity (Wildman–Crippen MR) is 216 cm³/mol. The molecule has 14 heteroatoms. The van der Waals surface area contributed by atoms with Gasteiger partial charge in [-0.25, -0.2) is 4.85 Å². The number of hydrogen-bond donors (Lipinski definition) is 1. The maximum absolute atomic E-state index is 13.5.